The van der Waals surface area contributed by atoms with Crippen molar-refractivity contribution in [3.05, 3.63) is 0 Å². The molecule has 3 rings (SSSR count). The van der Waals surface area contributed by atoms with E-state index < -0.39 is 0 Å². The van der Waals surface area contributed by atoms with Crippen LogP contribution in [0.25, 0.3) is 0 Å². The van der Waals surface area contributed by atoms with E-state index >= 15 is 0 Å². The number of hydrogen-bond donors (Lipinski definition) is 1. The number of piperidine rings is 2. The largest absolute Gasteiger partial charge is 0.377 e. The zero-order valence-corrected chi connectivity index (χ0v) is 11.0. The highest BCUT2D eigenvalue weighted by atomic mass is 16.5. The fourth-order valence-corrected chi connectivity index (χ4v) is 4.30. The summed E-state index contributed by atoms with van der Waals surface area (Å²) in [4.78, 5) is 2.77. The molecule has 3 nitrogen and oxygen atoms in total. The predicted molar refractivity (Wildman–Crippen MR) is 68.9 cm³/mol. The summed E-state index contributed by atoms with van der Waals surface area (Å²) >= 11 is 0. The number of hydrogen-bond acceptors (Lipinski definition) is 3. The maximum atomic E-state index is 6.18. The molecule has 0 aromatic heterocycles. The normalized spacial score (nSPS) is 44.8. The highest BCUT2D eigenvalue weighted by molar-refractivity contribution is 4.98. The summed E-state index contributed by atoms with van der Waals surface area (Å²) < 4.78 is 5.89. The van der Waals surface area contributed by atoms with Gasteiger partial charge in [-0.2, -0.15) is 0 Å². The lowest BCUT2D eigenvalue weighted by atomic mass is 9.80. The molecule has 0 aliphatic carbocycles. The number of fused-ring (bicyclic) bond motifs is 2. The maximum absolute atomic E-state index is 6.18. The third kappa shape index (κ3) is 2.25. The van der Waals surface area contributed by atoms with Gasteiger partial charge in [-0.25, -0.2) is 0 Å². The molecule has 3 aliphatic heterocycles. The second kappa shape index (κ2) is 4.87. The molecule has 3 fully saturated rings. The molecule has 3 heteroatoms. The Morgan fingerprint density at radius 2 is 1.82 bits per heavy atom. The van der Waals surface area contributed by atoms with Crippen molar-refractivity contribution in [1.29, 1.82) is 0 Å². The van der Waals surface area contributed by atoms with Crippen LogP contribution < -0.4 is 5.73 Å². The molecule has 98 valence electrons. The predicted octanol–water partition coefficient (Wildman–Crippen LogP) is 1.90. The molecular weight excluding hydrogens is 212 g/mol. The Morgan fingerprint density at radius 3 is 2.41 bits per heavy atom. The minimum Gasteiger partial charge on any atom is -0.377 e. The van der Waals surface area contributed by atoms with Crippen molar-refractivity contribution in [2.24, 2.45) is 5.73 Å². The Bertz CT molecular complexity index is 251. The minimum atomic E-state index is 0.443. The van der Waals surface area contributed by atoms with Gasteiger partial charge in [0.1, 0.15) is 0 Å². The van der Waals surface area contributed by atoms with Crippen molar-refractivity contribution in [1.82, 2.24) is 4.90 Å². The second-order valence-corrected chi connectivity index (χ2v) is 6.21. The summed E-state index contributed by atoms with van der Waals surface area (Å²) in [5.74, 6) is 0. The van der Waals surface area contributed by atoms with Crippen LogP contribution in [0.5, 0.6) is 0 Å². The Balaban J connectivity index is 1.72. The summed E-state index contributed by atoms with van der Waals surface area (Å²) in [7, 11) is 0. The molecule has 2 N–H and O–H groups in total. The van der Waals surface area contributed by atoms with Gasteiger partial charge < -0.3 is 10.5 Å². The quantitative estimate of drug-likeness (QED) is 0.798. The molecular formula is C14H26N2O. The van der Waals surface area contributed by atoms with E-state index in [0.717, 1.165) is 18.7 Å². The average Bonchev–Trinajstić information content (AvgIpc) is 2.80. The molecule has 0 aromatic rings. The van der Waals surface area contributed by atoms with Crippen LogP contribution >= 0.6 is 0 Å². The lowest BCUT2D eigenvalue weighted by molar-refractivity contribution is -0.0522. The highest BCUT2D eigenvalue weighted by Crippen LogP contribution is 2.37. The van der Waals surface area contributed by atoms with Crippen LogP contribution in [0.4, 0.5) is 0 Å². The van der Waals surface area contributed by atoms with Crippen molar-refractivity contribution in [2.75, 3.05) is 6.61 Å². The van der Waals surface area contributed by atoms with Crippen molar-refractivity contribution < 1.29 is 4.74 Å². The summed E-state index contributed by atoms with van der Waals surface area (Å²) in [5.41, 5.74) is 6.18. The van der Waals surface area contributed by atoms with Gasteiger partial charge in [-0.15, -0.1) is 0 Å². The van der Waals surface area contributed by atoms with Gasteiger partial charge in [0, 0.05) is 30.8 Å². The Kier molecular flexibility index (Phi) is 3.42. The van der Waals surface area contributed by atoms with Crippen molar-refractivity contribution in [3.8, 4) is 0 Å². The SMILES string of the molecule is CC(C1CCCO1)N1C2CCCC1CC(N)C2. The smallest absolute Gasteiger partial charge is 0.0728 e. The lowest BCUT2D eigenvalue weighted by Crippen LogP contribution is -2.60. The van der Waals surface area contributed by atoms with Crippen LogP contribution in [0.1, 0.15) is 51.9 Å². The number of ether oxygens (including phenoxy) is 1. The standard InChI is InChI=1S/C14H26N2O/c1-10(14-6-3-7-17-14)16-12-4-2-5-13(16)9-11(15)8-12/h10-14H,2-9,15H2,1H3. The second-order valence-electron chi connectivity index (χ2n) is 6.21. The fraction of sp³-hybridized carbons (Fsp3) is 1.00. The molecule has 17 heavy (non-hydrogen) atoms. The zero-order valence-electron chi connectivity index (χ0n) is 11.0. The zero-order chi connectivity index (χ0) is 11.8. The Hall–Kier alpha value is -0.120. The van der Waals surface area contributed by atoms with Gasteiger partial charge in [0.2, 0.25) is 0 Å². The molecule has 4 atom stereocenters. The van der Waals surface area contributed by atoms with E-state index in [1.807, 2.05) is 0 Å². The monoisotopic (exact) mass is 238 g/mol. The van der Waals surface area contributed by atoms with E-state index in [0.29, 0.717) is 18.2 Å². The van der Waals surface area contributed by atoms with E-state index in [-0.39, 0.29) is 0 Å². The Labute approximate surface area is 105 Å². The minimum absolute atomic E-state index is 0.443. The number of nitrogens with zero attached hydrogens (tertiary/aromatic N) is 1. The van der Waals surface area contributed by atoms with Gasteiger partial charge in [-0.3, -0.25) is 4.90 Å². The van der Waals surface area contributed by atoms with Gasteiger partial charge in [0.15, 0.2) is 0 Å². The topological polar surface area (TPSA) is 38.5 Å². The summed E-state index contributed by atoms with van der Waals surface area (Å²) in [6.45, 7) is 3.34. The van der Waals surface area contributed by atoms with Crippen LogP contribution in [-0.4, -0.2) is 41.8 Å². The third-order valence-electron chi connectivity index (χ3n) is 5.04. The van der Waals surface area contributed by atoms with Crippen molar-refractivity contribution in [3.63, 3.8) is 0 Å². The van der Waals surface area contributed by atoms with E-state index in [2.05, 4.69) is 11.8 Å². The first-order valence-corrected chi connectivity index (χ1v) is 7.40. The van der Waals surface area contributed by atoms with Crippen LogP contribution in [-0.2, 0) is 4.74 Å². The van der Waals surface area contributed by atoms with Gasteiger partial charge in [0.25, 0.3) is 0 Å². The van der Waals surface area contributed by atoms with Crippen molar-refractivity contribution >= 4 is 0 Å². The first-order valence-electron chi connectivity index (χ1n) is 7.40. The van der Waals surface area contributed by atoms with Crippen molar-refractivity contribution in [2.45, 2.75) is 82.1 Å². The fourth-order valence-electron chi connectivity index (χ4n) is 4.30. The number of rotatable bonds is 2. The highest BCUT2D eigenvalue weighted by Gasteiger charge is 2.42. The first kappa shape index (κ1) is 11.9. The van der Waals surface area contributed by atoms with Crippen LogP contribution in [0.3, 0.4) is 0 Å². The summed E-state index contributed by atoms with van der Waals surface area (Å²) in [6, 6.07) is 2.51. The molecule has 2 bridgehead atoms. The average molecular weight is 238 g/mol. The molecule has 4 unspecified atom stereocenters. The van der Waals surface area contributed by atoms with E-state index in [1.54, 1.807) is 0 Å². The van der Waals surface area contributed by atoms with E-state index in [4.69, 9.17) is 10.5 Å². The molecule has 3 saturated heterocycles. The Morgan fingerprint density at radius 1 is 1.12 bits per heavy atom. The molecule has 0 radical (unpaired) electrons. The van der Waals surface area contributed by atoms with E-state index in [9.17, 15) is 0 Å². The number of nitrogens with two attached hydrogens (primary N) is 1. The molecule has 0 aromatic carbocycles. The maximum Gasteiger partial charge on any atom is 0.0728 e. The molecule has 0 saturated carbocycles. The van der Waals surface area contributed by atoms with Crippen LogP contribution in [0.2, 0.25) is 0 Å². The summed E-state index contributed by atoms with van der Waals surface area (Å²) in [5, 5.41) is 0. The van der Waals surface area contributed by atoms with Gasteiger partial charge >= 0.3 is 0 Å². The summed E-state index contributed by atoms with van der Waals surface area (Å²) in [6.07, 6.45) is 9.48. The molecule has 0 spiro atoms. The van der Waals surface area contributed by atoms with Gasteiger partial charge in [0.05, 0.1) is 6.10 Å². The first-order chi connectivity index (χ1) is 8.25. The lowest BCUT2D eigenvalue weighted by Gasteiger charge is -2.52. The molecule has 3 heterocycles. The van der Waals surface area contributed by atoms with Gasteiger partial charge in [-0.05, 0) is 45.4 Å². The van der Waals surface area contributed by atoms with Crippen LogP contribution in [0.15, 0.2) is 0 Å². The third-order valence-corrected chi connectivity index (χ3v) is 5.04. The van der Waals surface area contributed by atoms with Crippen LogP contribution in [0, 0.1) is 0 Å². The molecule has 3 aliphatic rings. The molecule has 0 amide bonds. The van der Waals surface area contributed by atoms with E-state index in [1.165, 1.54) is 44.9 Å². The van der Waals surface area contributed by atoms with Gasteiger partial charge in [-0.1, -0.05) is 6.42 Å².